The van der Waals surface area contributed by atoms with Gasteiger partial charge in [0.25, 0.3) is 0 Å². The van der Waals surface area contributed by atoms with Crippen LogP contribution in [0.25, 0.3) is 11.1 Å². The molecule has 3 rings (SSSR count). The molecule has 0 aromatic heterocycles. The van der Waals surface area contributed by atoms with Crippen LogP contribution >= 0.6 is 0 Å². The minimum atomic E-state index is 0.621. The molecule has 130 valence electrons. The highest BCUT2D eigenvalue weighted by molar-refractivity contribution is 5.77. The average Bonchev–Trinajstić information content (AvgIpc) is 2.63. The number of carbonyl (C=O) groups is 1. The summed E-state index contributed by atoms with van der Waals surface area (Å²) in [5, 5.41) is 0. The standard InChI is InChI=1S/C22H26N2O/c1-2-24(22(14-23)20-6-4-7-20)15-18-5-3-8-21(13-18)19-11-9-17(16-25)10-12-19/h3,5,8-13,16H,2,4,6-7,14-15,23H2,1H3. The van der Waals surface area contributed by atoms with Gasteiger partial charge in [-0.2, -0.15) is 0 Å². The third-order valence-electron chi connectivity index (χ3n) is 5.00. The molecule has 0 heterocycles. The molecule has 0 spiro atoms. The second kappa shape index (κ2) is 8.13. The van der Waals surface area contributed by atoms with E-state index in [1.165, 1.54) is 41.7 Å². The Morgan fingerprint density at radius 2 is 1.88 bits per heavy atom. The third kappa shape index (κ3) is 3.99. The van der Waals surface area contributed by atoms with Crippen molar-refractivity contribution in [2.75, 3.05) is 13.1 Å². The molecule has 0 radical (unpaired) electrons. The number of allylic oxidation sites excluding steroid dienone is 1. The molecule has 3 nitrogen and oxygen atoms in total. The summed E-state index contributed by atoms with van der Waals surface area (Å²) >= 11 is 0. The zero-order valence-electron chi connectivity index (χ0n) is 14.9. The van der Waals surface area contributed by atoms with Crippen molar-refractivity contribution in [2.24, 2.45) is 5.73 Å². The van der Waals surface area contributed by atoms with Gasteiger partial charge in [0.2, 0.25) is 0 Å². The lowest BCUT2D eigenvalue weighted by Gasteiger charge is -2.31. The summed E-state index contributed by atoms with van der Waals surface area (Å²) < 4.78 is 0. The van der Waals surface area contributed by atoms with Crippen molar-refractivity contribution in [2.45, 2.75) is 32.7 Å². The molecular weight excluding hydrogens is 308 g/mol. The average molecular weight is 334 g/mol. The SMILES string of the molecule is CCN(Cc1cccc(-c2ccc(C=O)cc2)c1)C(CN)=C1CCC1. The van der Waals surface area contributed by atoms with Crippen molar-refractivity contribution < 1.29 is 4.79 Å². The van der Waals surface area contributed by atoms with E-state index in [-0.39, 0.29) is 0 Å². The van der Waals surface area contributed by atoms with Gasteiger partial charge in [-0.15, -0.1) is 0 Å². The summed E-state index contributed by atoms with van der Waals surface area (Å²) in [7, 11) is 0. The minimum absolute atomic E-state index is 0.621. The molecule has 25 heavy (non-hydrogen) atoms. The molecule has 0 atom stereocenters. The van der Waals surface area contributed by atoms with E-state index in [2.05, 4.69) is 36.1 Å². The number of nitrogens with two attached hydrogens (primary N) is 1. The normalized spacial score (nSPS) is 13.3. The predicted octanol–water partition coefficient (Wildman–Crippen LogP) is 4.38. The van der Waals surface area contributed by atoms with E-state index in [1.54, 1.807) is 0 Å². The first kappa shape index (κ1) is 17.4. The van der Waals surface area contributed by atoms with E-state index >= 15 is 0 Å². The highest BCUT2D eigenvalue weighted by atomic mass is 16.1. The van der Waals surface area contributed by atoms with E-state index in [0.29, 0.717) is 12.1 Å². The van der Waals surface area contributed by atoms with Crippen molar-refractivity contribution in [3.63, 3.8) is 0 Å². The van der Waals surface area contributed by atoms with Gasteiger partial charge in [-0.3, -0.25) is 4.79 Å². The van der Waals surface area contributed by atoms with Gasteiger partial charge in [0.1, 0.15) is 6.29 Å². The molecule has 1 fully saturated rings. The quantitative estimate of drug-likeness (QED) is 0.764. The number of likely N-dealkylation sites (N-methyl/N-ethyl adjacent to an activating group) is 1. The second-order valence-corrected chi connectivity index (χ2v) is 6.56. The van der Waals surface area contributed by atoms with Gasteiger partial charge in [0, 0.05) is 30.9 Å². The number of rotatable bonds is 7. The summed E-state index contributed by atoms with van der Waals surface area (Å²) in [4.78, 5) is 13.2. The number of benzene rings is 2. The molecule has 0 amide bonds. The fraction of sp³-hybridized carbons (Fsp3) is 0.318. The van der Waals surface area contributed by atoms with Gasteiger partial charge in [0.05, 0.1) is 0 Å². The fourth-order valence-electron chi connectivity index (χ4n) is 3.36. The van der Waals surface area contributed by atoms with Crippen LogP contribution in [0.5, 0.6) is 0 Å². The number of hydrogen-bond acceptors (Lipinski definition) is 3. The molecular formula is C22H26N2O. The number of hydrogen-bond donors (Lipinski definition) is 1. The van der Waals surface area contributed by atoms with Crippen molar-refractivity contribution in [3.8, 4) is 11.1 Å². The molecule has 2 aromatic rings. The number of carbonyl (C=O) groups excluding carboxylic acids is 1. The van der Waals surface area contributed by atoms with Crippen LogP contribution in [0, 0.1) is 0 Å². The van der Waals surface area contributed by atoms with Crippen molar-refractivity contribution in [1.29, 1.82) is 0 Å². The van der Waals surface area contributed by atoms with Gasteiger partial charge in [-0.25, -0.2) is 0 Å². The lowest BCUT2D eigenvalue weighted by atomic mass is 9.90. The van der Waals surface area contributed by atoms with Gasteiger partial charge in [-0.1, -0.05) is 42.5 Å². The number of nitrogens with zero attached hydrogens (tertiary/aromatic N) is 1. The Morgan fingerprint density at radius 3 is 2.44 bits per heavy atom. The first-order valence-electron chi connectivity index (χ1n) is 9.05. The first-order valence-corrected chi connectivity index (χ1v) is 9.05. The highest BCUT2D eigenvalue weighted by Crippen LogP contribution is 2.30. The van der Waals surface area contributed by atoms with Crippen molar-refractivity contribution in [3.05, 3.63) is 70.9 Å². The monoisotopic (exact) mass is 334 g/mol. The van der Waals surface area contributed by atoms with E-state index in [1.807, 2.05) is 24.3 Å². The maximum atomic E-state index is 10.8. The Kier molecular flexibility index (Phi) is 5.67. The molecule has 0 unspecified atom stereocenters. The van der Waals surface area contributed by atoms with E-state index in [4.69, 9.17) is 5.73 Å². The largest absolute Gasteiger partial charge is 0.370 e. The second-order valence-electron chi connectivity index (χ2n) is 6.56. The Morgan fingerprint density at radius 1 is 1.12 bits per heavy atom. The Bertz CT molecular complexity index is 756. The van der Waals surface area contributed by atoms with Crippen LogP contribution in [0.2, 0.25) is 0 Å². The predicted molar refractivity (Wildman–Crippen MR) is 103 cm³/mol. The van der Waals surface area contributed by atoms with E-state index in [0.717, 1.165) is 24.9 Å². The van der Waals surface area contributed by atoms with Gasteiger partial charge < -0.3 is 10.6 Å². The topological polar surface area (TPSA) is 46.3 Å². The van der Waals surface area contributed by atoms with Crippen LogP contribution in [-0.4, -0.2) is 24.3 Å². The summed E-state index contributed by atoms with van der Waals surface area (Å²) in [6.07, 6.45) is 4.57. The first-order chi connectivity index (χ1) is 12.2. The molecule has 1 aliphatic rings. The van der Waals surface area contributed by atoms with Gasteiger partial charge in [0.15, 0.2) is 0 Å². The Labute approximate surface area is 150 Å². The molecule has 0 saturated heterocycles. The Balaban J connectivity index is 1.81. The maximum Gasteiger partial charge on any atom is 0.150 e. The van der Waals surface area contributed by atoms with Crippen LogP contribution in [0.3, 0.4) is 0 Å². The molecule has 1 aliphatic carbocycles. The van der Waals surface area contributed by atoms with Crippen molar-refractivity contribution in [1.82, 2.24) is 4.90 Å². The lowest BCUT2D eigenvalue weighted by molar-refractivity contribution is 0.112. The third-order valence-corrected chi connectivity index (χ3v) is 5.00. The van der Waals surface area contributed by atoms with Crippen molar-refractivity contribution >= 4 is 6.29 Å². The smallest absolute Gasteiger partial charge is 0.150 e. The molecule has 2 aromatic carbocycles. The maximum absolute atomic E-state index is 10.8. The summed E-state index contributed by atoms with van der Waals surface area (Å²) in [5.74, 6) is 0. The molecule has 3 heteroatoms. The minimum Gasteiger partial charge on any atom is -0.370 e. The van der Waals surface area contributed by atoms with Gasteiger partial charge in [-0.05, 0) is 54.5 Å². The van der Waals surface area contributed by atoms with E-state index in [9.17, 15) is 4.79 Å². The van der Waals surface area contributed by atoms with Crippen LogP contribution in [0.1, 0.15) is 42.1 Å². The van der Waals surface area contributed by atoms with Crippen LogP contribution in [0.4, 0.5) is 0 Å². The molecule has 2 N–H and O–H groups in total. The number of aldehydes is 1. The summed E-state index contributed by atoms with van der Waals surface area (Å²) in [6.45, 7) is 4.66. The molecule has 0 bridgehead atoms. The molecule has 1 saturated carbocycles. The van der Waals surface area contributed by atoms with Crippen LogP contribution in [-0.2, 0) is 6.54 Å². The highest BCUT2D eigenvalue weighted by Gasteiger charge is 2.18. The molecule has 0 aliphatic heterocycles. The van der Waals surface area contributed by atoms with Gasteiger partial charge >= 0.3 is 0 Å². The van der Waals surface area contributed by atoms with Crippen LogP contribution < -0.4 is 5.73 Å². The summed E-state index contributed by atoms with van der Waals surface area (Å²) in [5.41, 5.74) is 13.2. The zero-order chi connectivity index (χ0) is 17.6. The lowest BCUT2D eigenvalue weighted by Crippen LogP contribution is -2.29. The summed E-state index contributed by atoms with van der Waals surface area (Å²) in [6, 6.07) is 16.4. The fourth-order valence-corrected chi connectivity index (χ4v) is 3.36. The van der Waals surface area contributed by atoms with Crippen LogP contribution in [0.15, 0.2) is 59.8 Å². The van der Waals surface area contributed by atoms with E-state index < -0.39 is 0 Å². The Hall–Kier alpha value is -2.39. The zero-order valence-corrected chi connectivity index (χ0v) is 14.9.